The van der Waals surface area contributed by atoms with Crippen molar-refractivity contribution in [3.63, 3.8) is 0 Å². The third kappa shape index (κ3) is 4.33. The molecule has 2 heteroatoms. The normalized spacial score (nSPS) is 15.8. The van der Waals surface area contributed by atoms with E-state index in [0.29, 0.717) is 6.10 Å². The van der Waals surface area contributed by atoms with Crippen LogP contribution in [0.3, 0.4) is 0 Å². The van der Waals surface area contributed by atoms with Gasteiger partial charge < -0.3 is 9.47 Å². The molecule has 21 heavy (non-hydrogen) atoms. The summed E-state index contributed by atoms with van der Waals surface area (Å²) >= 11 is 0. The van der Waals surface area contributed by atoms with Crippen molar-refractivity contribution in [2.45, 2.75) is 31.8 Å². The van der Waals surface area contributed by atoms with Crippen LogP contribution in [-0.4, -0.2) is 19.3 Å². The highest BCUT2D eigenvalue weighted by atomic mass is 16.5. The maximum atomic E-state index is 5.99. The summed E-state index contributed by atoms with van der Waals surface area (Å²) in [7, 11) is 0. The van der Waals surface area contributed by atoms with Gasteiger partial charge in [0.25, 0.3) is 0 Å². The van der Waals surface area contributed by atoms with Gasteiger partial charge in [-0.25, -0.2) is 0 Å². The van der Waals surface area contributed by atoms with Crippen molar-refractivity contribution in [2.75, 3.05) is 13.2 Å². The van der Waals surface area contributed by atoms with Crippen molar-refractivity contribution in [1.29, 1.82) is 0 Å². The van der Waals surface area contributed by atoms with Gasteiger partial charge in [0.15, 0.2) is 0 Å². The molecular formula is C19H22O2. The lowest BCUT2D eigenvalue weighted by Crippen LogP contribution is -2.25. The zero-order chi connectivity index (χ0) is 14.3. The largest absolute Gasteiger partial charge is 0.490 e. The summed E-state index contributed by atoms with van der Waals surface area (Å²) in [6.45, 7) is 1.64. The predicted molar refractivity (Wildman–Crippen MR) is 84.8 cm³/mol. The topological polar surface area (TPSA) is 18.5 Å². The third-order valence-corrected chi connectivity index (χ3v) is 3.94. The Hall–Kier alpha value is -1.80. The van der Waals surface area contributed by atoms with Crippen LogP contribution in [0.2, 0.25) is 0 Å². The van der Waals surface area contributed by atoms with Crippen LogP contribution in [0.5, 0.6) is 5.75 Å². The van der Waals surface area contributed by atoms with E-state index in [1.54, 1.807) is 0 Å². The van der Waals surface area contributed by atoms with Gasteiger partial charge in [0.1, 0.15) is 11.9 Å². The molecule has 110 valence electrons. The second kappa shape index (κ2) is 7.28. The second-order valence-electron chi connectivity index (χ2n) is 5.56. The average Bonchev–Trinajstić information content (AvgIpc) is 2.56. The SMILES string of the molecule is c1ccc(CCc2ccc(OC3CCOCC3)cc2)cc1. The summed E-state index contributed by atoms with van der Waals surface area (Å²) in [5, 5.41) is 0. The van der Waals surface area contributed by atoms with Gasteiger partial charge in [-0.05, 0) is 36.1 Å². The predicted octanol–water partition coefficient (Wildman–Crippen LogP) is 4.03. The first-order valence-electron chi connectivity index (χ1n) is 7.77. The highest BCUT2D eigenvalue weighted by Crippen LogP contribution is 2.19. The van der Waals surface area contributed by atoms with Crippen molar-refractivity contribution in [1.82, 2.24) is 0 Å². The second-order valence-corrected chi connectivity index (χ2v) is 5.56. The molecule has 0 amide bonds. The van der Waals surface area contributed by atoms with Crippen molar-refractivity contribution in [3.8, 4) is 5.75 Å². The molecule has 0 bridgehead atoms. The van der Waals surface area contributed by atoms with E-state index in [0.717, 1.165) is 44.6 Å². The van der Waals surface area contributed by atoms with E-state index in [9.17, 15) is 0 Å². The fourth-order valence-corrected chi connectivity index (χ4v) is 2.65. The molecule has 1 aliphatic heterocycles. The fraction of sp³-hybridized carbons (Fsp3) is 0.368. The van der Waals surface area contributed by atoms with E-state index in [2.05, 4.69) is 54.6 Å². The lowest BCUT2D eigenvalue weighted by Gasteiger charge is -2.23. The number of hydrogen-bond donors (Lipinski definition) is 0. The lowest BCUT2D eigenvalue weighted by atomic mass is 10.0. The quantitative estimate of drug-likeness (QED) is 0.824. The molecule has 3 rings (SSSR count). The monoisotopic (exact) mass is 282 g/mol. The Labute approximate surface area is 126 Å². The van der Waals surface area contributed by atoms with Crippen LogP contribution in [0.1, 0.15) is 24.0 Å². The minimum absolute atomic E-state index is 0.314. The maximum absolute atomic E-state index is 5.99. The molecular weight excluding hydrogens is 260 g/mol. The van der Waals surface area contributed by atoms with Crippen molar-refractivity contribution in [3.05, 3.63) is 65.7 Å². The first kappa shape index (κ1) is 14.2. The van der Waals surface area contributed by atoms with Crippen molar-refractivity contribution in [2.24, 2.45) is 0 Å². The Morgan fingerprint density at radius 1 is 0.810 bits per heavy atom. The smallest absolute Gasteiger partial charge is 0.119 e. The highest BCUT2D eigenvalue weighted by molar-refractivity contribution is 5.28. The van der Waals surface area contributed by atoms with E-state index >= 15 is 0 Å². The van der Waals surface area contributed by atoms with E-state index in [4.69, 9.17) is 9.47 Å². The zero-order valence-electron chi connectivity index (χ0n) is 12.3. The molecule has 2 nitrogen and oxygen atoms in total. The Kier molecular flexibility index (Phi) is 4.90. The molecule has 1 heterocycles. The summed E-state index contributed by atoms with van der Waals surface area (Å²) in [5.74, 6) is 0.977. The van der Waals surface area contributed by atoms with Crippen LogP contribution in [0.25, 0.3) is 0 Å². The van der Waals surface area contributed by atoms with Gasteiger partial charge in [-0.1, -0.05) is 42.5 Å². The number of rotatable bonds is 5. The first-order chi connectivity index (χ1) is 10.4. The minimum Gasteiger partial charge on any atom is -0.490 e. The molecule has 0 atom stereocenters. The van der Waals surface area contributed by atoms with Gasteiger partial charge >= 0.3 is 0 Å². The summed E-state index contributed by atoms with van der Waals surface area (Å²) in [6, 6.07) is 19.2. The summed E-state index contributed by atoms with van der Waals surface area (Å²) in [5.41, 5.74) is 2.75. The molecule has 0 saturated carbocycles. The van der Waals surface area contributed by atoms with E-state index in [1.807, 2.05) is 0 Å². The molecule has 1 fully saturated rings. The van der Waals surface area contributed by atoms with E-state index in [1.165, 1.54) is 11.1 Å². The average molecular weight is 282 g/mol. The molecule has 1 aliphatic rings. The van der Waals surface area contributed by atoms with Gasteiger partial charge in [0, 0.05) is 12.8 Å². The highest BCUT2D eigenvalue weighted by Gasteiger charge is 2.14. The fourth-order valence-electron chi connectivity index (χ4n) is 2.65. The van der Waals surface area contributed by atoms with Crippen molar-refractivity contribution >= 4 is 0 Å². The minimum atomic E-state index is 0.314. The summed E-state index contributed by atoms with van der Waals surface area (Å²) in [4.78, 5) is 0. The molecule has 0 radical (unpaired) electrons. The summed E-state index contributed by atoms with van der Waals surface area (Å²) < 4.78 is 11.3. The Morgan fingerprint density at radius 3 is 2.10 bits per heavy atom. The van der Waals surface area contributed by atoms with Gasteiger partial charge in [-0.15, -0.1) is 0 Å². The van der Waals surface area contributed by atoms with E-state index < -0.39 is 0 Å². The van der Waals surface area contributed by atoms with Gasteiger partial charge in [-0.2, -0.15) is 0 Å². The number of hydrogen-bond acceptors (Lipinski definition) is 2. The van der Waals surface area contributed by atoms with Gasteiger partial charge in [0.05, 0.1) is 13.2 Å². The molecule has 0 N–H and O–H groups in total. The van der Waals surface area contributed by atoms with Crippen LogP contribution in [0.15, 0.2) is 54.6 Å². The Bertz CT molecular complexity index is 527. The maximum Gasteiger partial charge on any atom is 0.119 e. The lowest BCUT2D eigenvalue weighted by molar-refractivity contribution is 0.0255. The first-order valence-corrected chi connectivity index (χ1v) is 7.77. The van der Waals surface area contributed by atoms with Crippen molar-refractivity contribution < 1.29 is 9.47 Å². The molecule has 2 aromatic carbocycles. The Morgan fingerprint density at radius 2 is 1.43 bits per heavy atom. The Balaban J connectivity index is 1.51. The molecule has 1 saturated heterocycles. The molecule has 0 aromatic heterocycles. The van der Waals surface area contributed by atoms with Crippen LogP contribution in [-0.2, 0) is 17.6 Å². The van der Waals surface area contributed by atoms with Crippen LogP contribution in [0, 0.1) is 0 Å². The third-order valence-electron chi connectivity index (χ3n) is 3.94. The molecule has 0 unspecified atom stereocenters. The zero-order valence-corrected chi connectivity index (χ0v) is 12.3. The van der Waals surface area contributed by atoms with E-state index in [-0.39, 0.29) is 0 Å². The number of aryl methyl sites for hydroxylation is 2. The number of ether oxygens (including phenoxy) is 2. The van der Waals surface area contributed by atoms with Gasteiger partial charge in [-0.3, -0.25) is 0 Å². The molecule has 0 aliphatic carbocycles. The molecule has 2 aromatic rings. The summed E-state index contributed by atoms with van der Waals surface area (Å²) in [6.07, 6.45) is 4.46. The van der Waals surface area contributed by atoms with Crippen LogP contribution in [0.4, 0.5) is 0 Å². The standard InChI is InChI=1S/C19H22O2/c1-2-4-16(5-3-1)6-7-17-8-10-18(11-9-17)21-19-12-14-20-15-13-19/h1-5,8-11,19H,6-7,12-15H2. The van der Waals surface area contributed by atoms with Crippen LogP contribution < -0.4 is 4.74 Å². The van der Waals surface area contributed by atoms with Crippen LogP contribution >= 0.6 is 0 Å². The molecule has 0 spiro atoms. The number of benzene rings is 2. The van der Waals surface area contributed by atoms with Gasteiger partial charge in [0.2, 0.25) is 0 Å².